The smallest absolute Gasteiger partial charge is 0.481 e. The van der Waals surface area contributed by atoms with Crippen molar-refractivity contribution in [3.05, 3.63) is 12.7 Å². The number of nitrogens with one attached hydrogen (secondary N) is 2. The molecule has 1 aliphatic heterocycles. The number of phosphoric acid groups is 3. The number of aromatic nitrogens is 4. The number of amides is 2. The summed E-state index contributed by atoms with van der Waals surface area (Å²) in [6.45, 7) is 1.57. The van der Waals surface area contributed by atoms with Crippen molar-refractivity contribution < 1.29 is 95.5 Å². The number of hydrogen-bond acceptors (Lipinski definition) is 20. The van der Waals surface area contributed by atoms with E-state index in [-0.39, 0.29) is 55.1 Å². The Bertz CT molecular complexity index is 1970. The predicted octanol–water partition coefficient (Wildman–Crippen LogP) is -1.33. The number of nitrogens with zero attached hydrogens (tertiary/aromatic N) is 4. The molecule has 31 heteroatoms. The topological polar surface area (TPSA) is 421 Å². The number of aliphatic hydroxyl groups is 3. The third-order valence-electron chi connectivity index (χ3n) is 8.45. The van der Waals surface area contributed by atoms with Crippen molar-refractivity contribution in [3.8, 4) is 0 Å². The van der Waals surface area contributed by atoms with Gasteiger partial charge in [-0.1, -0.05) is 32.5 Å². The van der Waals surface area contributed by atoms with Gasteiger partial charge in [0.25, 0.3) is 0 Å². The third-order valence-corrected chi connectivity index (χ3v) is 12.6. The molecule has 0 bridgehead atoms. The molecule has 0 spiro atoms. The van der Waals surface area contributed by atoms with Crippen LogP contribution in [0.25, 0.3) is 11.2 Å². The van der Waals surface area contributed by atoms with E-state index < -0.39 is 108 Å². The van der Waals surface area contributed by atoms with E-state index in [1.807, 2.05) is 0 Å². The van der Waals surface area contributed by atoms with Gasteiger partial charge < -0.3 is 61.1 Å². The minimum absolute atomic E-state index is 0.00388. The van der Waals surface area contributed by atoms with Crippen LogP contribution in [0.15, 0.2) is 12.7 Å². The Labute approximate surface area is 338 Å². The van der Waals surface area contributed by atoms with Crippen molar-refractivity contribution in [1.29, 1.82) is 0 Å². The summed E-state index contributed by atoms with van der Waals surface area (Å²) in [6, 6.07) is 0. The van der Waals surface area contributed by atoms with Crippen LogP contribution >= 0.6 is 35.2 Å². The number of aliphatic hydroxyl groups excluding tert-OH is 2. The van der Waals surface area contributed by atoms with Crippen LogP contribution in [0.5, 0.6) is 0 Å². The van der Waals surface area contributed by atoms with Gasteiger partial charge in [0.2, 0.25) is 16.9 Å². The quantitative estimate of drug-likeness (QED) is 0.0429. The number of hydrogen-bond donors (Lipinski definition) is 11. The minimum Gasteiger partial charge on any atom is -0.481 e. The number of carbonyl (C=O) groups is 4. The van der Waals surface area contributed by atoms with Crippen molar-refractivity contribution in [2.24, 2.45) is 5.41 Å². The van der Waals surface area contributed by atoms with E-state index >= 15 is 0 Å². The lowest BCUT2D eigenvalue weighted by Crippen LogP contribution is -2.46. The Morgan fingerprint density at radius 3 is 2.32 bits per heavy atom. The highest BCUT2D eigenvalue weighted by Crippen LogP contribution is 2.61. The maximum atomic E-state index is 12.7. The number of fused-ring (bicyclic) bond motifs is 1. The van der Waals surface area contributed by atoms with Gasteiger partial charge in [-0.25, -0.2) is 28.6 Å². The summed E-state index contributed by atoms with van der Waals surface area (Å²) in [5.41, 5.74) is 2.34. The maximum Gasteiger partial charge on any atom is 0.481 e. The lowest BCUT2D eigenvalue weighted by molar-refractivity contribution is -0.140. The van der Waals surface area contributed by atoms with Crippen molar-refractivity contribution in [1.82, 2.24) is 30.2 Å². The highest BCUT2D eigenvalue weighted by Gasteiger charge is 2.50. The second-order valence-corrected chi connectivity index (χ2v) is 18.8. The van der Waals surface area contributed by atoms with Crippen LogP contribution < -0.4 is 16.4 Å². The first-order valence-corrected chi connectivity index (χ1v) is 22.7. The number of thioether (sulfide) groups is 1. The van der Waals surface area contributed by atoms with Gasteiger partial charge in [-0.05, 0) is 12.8 Å². The molecule has 0 aliphatic carbocycles. The molecule has 8 atom stereocenters. The predicted molar refractivity (Wildman–Crippen MR) is 199 cm³/mol. The highest BCUT2D eigenvalue weighted by atomic mass is 32.2. The molecule has 3 heterocycles. The number of nitrogen functional groups attached to an aromatic ring is 1. The third kappa shape index (κ3) is 14.8. The fraction of sp³-hybridized carbons (Fsp3) is 0.679. The molecule has 27 nitrogen and oxygen atoms in total. The van der Waals surface area contributed by atoms with Gasteiger partial charge in [-0.15, -0.1) is 0 Å². The number of phosphoric ester groups is 3. The zero-order chi connectivity index (χ0) is 44.6. The van der Waals surface area contributed by atoms with Crippen molar-refractivity contribution in [3.63, 3.8) is 0 Å². The van der Waals surface area contributed by atoms with Gasteiger partial charge in [-0.3, -0.25) is 37.3 Å². The first-order valence-electron chi connectivity index (χ1n) is 17.2. The van der Waals surface area contributed by atoms with E-state index in [0.717, 1.165) is 17.2 Å². The molecule has 334 valence electrons. The number of carboxylic acid groups (broad SMARTS) is 1. The van der Waals surface area contributed by atoms with Gasteiger partial charge in [0.1, 0.15) is 41.9 Å². The fourth-order valence-electron chi connectivity index (χ4n) is 5.15. The number of anilines is 1. The maximum absolute atomic E-state index is 12.7. The van der Waals surface area contributed by atoms with Gasteiger partial charge in [-0.2, -0.15) is 4.31 Å². The second kappa shape index (κ2) is 20.7. The monoisotopic (exact) mass is 925 g/mol. The Kier molecular flexibility index (Phi) is 17.7. The standard InChI is InChI=1S/C28H46N7O20P3S/c1-4-28(43,7-5-17(37)38)26(42)59-10-9-30-16(36)6-8-31-24(41)21(40)27(2,3)12-52-58(49,50)55-57(47,48)51-11-15-20(54-56(44,45)46)19(39)25(53-15)35-14-34-18-22(29)32-13-33-23(18)35/h13-15,19-21,25,39-40,43H,4-12H2,1-3H3,(H,30,36)(H,31,41)(H,37,38)(H,47,48)(H,49,50)(H2,29,32,33)(H2,44,45,46)/t15-,19-,20-,21+,25-,28?/m1/s1. The van der Waals surface area contributed by atoms with Crippen LogP contribution in [0, 0.1) is 5.41 Å². The van der Waals surface area contributed by atoms with Gasteiger partial charge in [0, 0.05) is 37.1 Å². The van der Waals surface area contributed by atoms with Crippen LogP contribution in [-0.4, -0.2) is 144 Å². The van der Waals surface area contributed by atoms with Crippen LogP contribution in [-0.2, 0) is 55.5 Å². The summed E-state index contributed by atoms with van der Waals surface area (Å²) in [7, 11) is -16.5. The number of carboxylic acids is 1. The summed E-state index contributed by atoms with van der Waals surface area (Å²) < 4.78 is 62.0. The highest BCUT2D eigenvalue weighted by molar-refractivity contribution is 8.13. The van der Waals surface area contributed by atoms with Gasteiger partial charge in [0.05, 0.1) is 19.5 Å². The molecular formula is C28H46N7O20P3S. The Morgan fingerprint density at radius 1 is 1.03 bits per heavy atom. The van der Waals surface area contributed by atoms with E-state index in [9.17, 15) is 67.8 Å². The molecule has 1 saturated heterocycles. The summed E-state index contributed by atoms with van der Waals surface area (Å²) in [5, 5.41) is 44.8. The Balaban J connectivity index is 1.47. The molecule has 0 aromatic carbocycles. The van der Waals surface area contributed by atoms with E-state index in [2.05, 4.69) is 34.4 Å². The number of rotatable bonds is 24. The molecule has 12 N–H and O–H groups in total. The second-order valence-electron chi connectivity index (χ2n) is 13.5. The average molecular weight is 926 g/mol. The molecule has 3 rings (SSSR count). The lowest BCUT2D eigenvalue weighted by Gasteiger charge is -2.30. The Hall–Kier alpha value is -3.01. The summed E-state index contributed by atoms with van der Waals surface area (Å²) in [5.74, 6) is -2.77. The summed E-state index contributed by atoms with van der Waals surface area (Å²) >= 11 is 0.710. The molecule has 59 heavy (non-hydrogen) atoms. The number of ether oxygens (including phenoxy) is 1. The van der Waals surface area contributed by atoms with E-state index in [0.29, 0.717) is 11.8 Å². The van der Waals surface area contributed by atoms with Gasteiger partial charge >= 0.3 is 29.4 Å². The number of imidazole rings is 1. The summed E-state index contributed by atoms with van der Waals surface area (Å²) in [4.78, 5) is 98.8. The largest absolute Gasteiger partial charge is 0.481 e. The number of aliphatic carboxylic acids is 1. The normalized spacial score (nSPS) is 22.2. The van der Waals surface area contributed by atoms with Crippen molar-refractivity contribution >= 4 is 75.1 Å². The zero-order valence-electron chi connectivity index (χ0n) is 31.5. The van der Waals surface area contributed by atoms with Crippen molar-refractivity contribution in [2.75, 3.05) is 37.8 Å². The first kappa shape index (κ1) is 50.3. The minimum atomic E-state index is -5.60. The van der Waals surface area contributed by atoms with E-state index in [1.54, 1.807) is 0 Å². The van der Waals surface area contributed by atoms with Crippen LogP contribution in [0.1, 0.15) is 52.7 Å². The molecule has 0 radical (unpaired) electrons. The van der Waals surface area contributed by atoms with Crippen LogP contribution in [0.3, 0.4) is 0 Å². The first-order chi connectivity index (χ1) is 27.2. The fourth-order valence-corrected chi connectivity index (χ4v) is 8.88. The molecule has 0 saturated carbocycles. The molecule has 1 fully saturated rings. The van der Waals surface area contributed by atoms with E-state index in [4.69, 9.17) is 24.6 Å². The molecule has 2 aromatic heterocycles. The van der Waals surface area contributed by atoms with Crippen LogP contribution in [0.4, 0.5) is 5.82 Å². The van der Waals surface area contributed by atoms with E-state index in [1.165, 1.54) is 20.8 Å². The number of nitrogens with two attached hydrogens (primary N) is 1. The average Bonchev–Trinajstić information content (AvgIpc) is 3.70. The zero-order valence-corrected chi connectivity index (χ0v) is 35.0. The van der Waals surface area contributed by atoms with Crippen molar-refractivity contribution in [2.45, 2.75) is 82.7 Å². The molecule has 1 aliphatic rings. The van der Waals surface area contributed by atoms with Gasteiger partial charge in [0.15, 0.2) is 17.7 Å². The summed E-state index contributed by atoms with van der Waals surface area (Å²) in [6.07, 6.45) is -7.87. The number of carbonyl (C=O) groups excluding carboxylic acids is 3. The Morgan fingerprint density at radius 2 is 1.69 bits per heavy atom. The molecular weight excluding hydrogens is 879 g/mol. The lowest BCUT2D eigenvalue weighted by atomic mass is 9.87. The molecule has 2 amide bonds. The van der Waals surface area contributed by atoms with Crippen LogP contribution in [0.2, 0.25) is 0 Å². The molecule has 3 unspecified atom stereocenters. The SMILES string of the molecule is CCC(O)(CCC(=O)O)C(=O)SCCNC(=O)CCNC(=O)[C@H](O)C(C)(C)COP(=O)(O)OP(=O)(O)OC[C@H]1O[C@@H](n2cnc3c(N)ncnc32)[C@H](O)[C@@H]1OP(=O)(O)O. The molecule has 2 aromatic rings.